The van der Waals surface area contributed by atoms with Crippen LogP contribution in [0.5, 0.6) is 11.5 Å². The molecule has 32 heavy (non-hydrogen) atoms. The molecule has 0 aliphatic carbocycles. The zero-order valence-corrected chi connectivity index (χ0v) is 19.3. The lowest BCUT2D eigenvalue weighted by Crippen LogP contribution is -2.27. The molecule has 0 unspecified atom stereocenters. The van der Waals surface area contributed by atoms with E-state index in [2.05, 4.69) is 0 Å². The Morgan fingerprint density at radius 2 is 1.91 bits per heavy atom. The zero-order valence-electron chi connectivity index (χ0n) is 16.9. The van der Waals surface area contributed by atoms with Crippen LogP contribution in [-0.4, -0.2) is 17.3 Å². The Bertz CT molecular complexity index is 1210. The first-order valence-electron chi connectivity index (χ1n) is 9.54. The monoisotopic (exact) mass is 485 g/mol. The Kier molecular flexibility index (Phi) is 6.79. The topological polar surface area (TPSA) is 38.8 Å². The average molecular weight is 486 g/mol. The number of carbonyl (C=O) groups is 1. The minimum atomic E-state index is -0.423. The summed E-state index contributed by atoms with van der Waals surface area (Å²) in [4.78, 5) is 15.0. The number of thioether (sulfide) groups is 1. The van der Waals surface area contributed by atoms with Gasteiger partial charge in [-0.05, 0) is 48.0 Å². The number of thiocarbonyl (C=S) groups is 1. The van der Waals surface area contributed by atoms with Gasteiger partial charge in [-0.3, -0.25) is 9.69 Å². The highest BCUT2D eigenvalue weighted by Gasteiger charge is 2.34. The van der Waals surface area contributed by atoms with Crippen LogP contribution in [0.15, 0.2) is 71.6 Å². The molecule has 0 N–H and O–H groups in total. The first-order chi connectivity index (χ1) is 15.5. The van der Waals surface area contributed by atoms with E-state index in [1.165, 1.54) is 22.7 Å². The van der Waals surface area contributed by atoms with Crippen molar-refractivity contribution < 1.29 is 18.7 Å². The van der Waals surface area contributed by atoms with E-state index in [1.54, 1.807) is 55.7 Å². The summed E-state index contributed by atoms with van der Waals surface area (Å²) in [6, 6.07) is 18.9. The number of benzene rings is 3. The Morgan fingerprint density at radius 1 is 1.12 bits per heavy atom. The van der Waals surface area contributed by atoms with Crippen molar-refractivity contribution in [1.29, 1.82) is 0 Å². The van der Waals surface area contributed by atoms with E-state index in [0.29, 0.717) is 31.4 Å². The minimum absolute atomic E-state index is 0.00905. The molecular formula is C24H17ClFNO3S2. The molecule has 162 valence electrons. The van der Waals surface area contributed by atoms with E-state index in [-0.39, 0.29) is 18.1 Å². The number of methoxy groups -OCH3 is 1. The van der Waals surface area contributed by atoms with Gasteiger partial charge < -0.3 is 9.47 Å². The highest BCUT2D eigenvalue weighted by molar-refractivity contribution is 8.27. The first-order valence-corrected chi connectivity index (χ1v) is 11.1. The quantitative estimate of drug-likeness (QED) is 0.295. The highest BCUT2D eigenvalue weighted by atomic mass is 35.5. The molecule has 0 atom stereocenters. The summed E-state index contributed by atoms with van der Waals surface area (Å²) in [6.45, 7) is -0.00905. The Balaban J connectivity index is 1.54. The molecule has 0 bridgehead atoms. The molecule has 3 aromatic rings. The van der Waals surface area contributed by atoms with Gasteiger partial charge in [0.1, 0.15) is 23.9 Å². The van der Waals surface area contributed by atoms with Gasteiger partial charge in [0.2, 0.25) is 0 Å². The van der Waals surface area contributed by atoms with Gasteiger partial charge in [-0.15, -0.1) is 0 Å². The smallest absolute Gasteiger partial charge is 0.270 e. The van der Waals surface area contributed by atoms with Crippen molar-refractivity contribution in [1.82, 2.24) is 0 Å². The molecule has 1 fully saturated rings. The number of halogens is 2. The average Bonchev–Trinajstić information content (AvgIpc) is 3.06. The van der Waals surface area contributed by atoms with Gasteiger partial charge in [0.25, 0.3) is 5.91 Å². The van der Waals surface area contributed by atoms with Gasteiger partial charge in [-0.25, -0.2) is 4.39 Å². The molecule has 0 aromatic heterocycles. The SMILES string of the molecule is COc1ccccc1N1C(=O)/C(=C\c2cccc(OCc3c(F)cccc3Cl)c2)SC1=S. The Morgan fingerprint density at radius 3 is 2.69 bits per heavy atom. The largest absolute Gasteiger partial charge is 0.495 e. The summed E-state index contributed by atoms with van der Waals surface area (Å²) in [7, 11) is 1.55. The fraction of sp³-hybridized carbons (Fsp3) is 0.0833. The fourth-order valence-corrected chi connectivity index (χ4v) is 4.66. The lowest BCUT2D eigenvalue weighted by Gasteiger charge is -2.17. The van der Waals surface area contributed by atoms with Crippen molar-refractivity contribution in [3.8, 4) is 11.5 Å². The first kappa shape index (κ1) is 22.3. The number of nitrogens with zero attached hydrogens (tertiary/aromatic N) is 1. The van der Waals surface area contributed by atoms with Crippen LogP contribution in [0.3, 0.4) is 0 Å². The standard InChI is InChI=1S/C24H17ClFNO3S2/c1-29-21-11-3-2-10-20(21)27-23(28)22(32-24(27)31)13-15-6-4-7-16(12-15)30-14-17-18(25)8-5-9-19(17)26/h2-13H,14H2,1H3/b22-13+. The second-order valence-electron chi connectivity index (χ2n) is 6.75. The number of para-hydroxylation sites is 2. The number of carbonyl (C=O) groups excluding carboxylic acids is 1. The molecule has 8 heteroatoms. The van der Waals surface area contributed by atoms with E-state index < -0.39 is 5.82 Å². The molecule has 1 amide bonds. The van der Waals surface area contributed by atoms with Gasteiger partial charge in [0.15, 0.2) is 4.32 Å². The molecule has 0 radical (unpaired) electrons. The van der Waals surface area contributed by atoms with Crippen molar-refractivity contribution >= 4 is 57.6 Å². The normalized spacial score (nSPS) is 14.8. The molecule has 1 aliphatic rings. The maximum atomic E-state index is 14.0. The van der Waals surface area contributed by atoms with Gasteiger partial charge in [0.05, 0.1) is 22.7 Å². The molecule has 1 aliphatic heterocycles. The van der Waals surface area contributed by atoms with Gasteiger partial charge in [-0.2, -0.15) is 0 Å². The second-order valence-corrected chi connectivity index (χ2v) is 8.83. The maximum Gasteiger partial charge on any atom is 0.270 e. The fourth-order valence-electron chi connectivity index (χ4n) is 3.16. The van der Waals surface area contributed by atoms with Crippen molar-refractivity contribution in [3.05, 3.63) is 93.6 Å². The lowest BCUT2D eigenvalue weighted by molar-refractivity contribution is -0.113. The van der Waals surface area contributed by atoms with Crippen LogP contribution in [0, 0.1) is 5.82 Å². The summed E-state index contributed by atoms with van der Waals surface area (Å²) in [6.07, 6.45) is 1.75. The van der Waals surface area contributed by atoms with Crippen molar-refractivity contribution in [2.45, 2.75) is 6.61 Å². The van der Waals surface area contributed by atoms with E-state index in [1.807, 2.05) is 18.2 Å². The lowest BCUT2D eigenvalue weighted by atomic mass is 10.2. The van der Waals surface area contributed by atoms with Crippen LogP contribution in [0.1, 0.15) is 11.1 Å². The third-order valence-corrected chi connectivity index (χ3v) is 6.38. The third kappa shape index (κ3) is 4.65. The second kappa shape index (κ2) is 9.73. The number of rotatable bonds is 6. The van der Waals surface area contributed by atoms with E-state index >= 15 is 0 Å². The van der Waals surface area contributed by atoms with Gasteiger partial charge in [0, 0.05) is 5.56 Å². The predicted molar refractivity (Wildman–Crippen MR) is 131 cm³/mol. The molecule has 3 aromatic carbocycles. The summed E-state index contributed by atoms with van der Waals surface area (Å²) in [5.74, 6) is 0.438. The van der Waals surface area contributed by atoms with Crippen molar-refractivity contribution in [2.75, 3.05) is 12.0 Å². The van der Waals surface area contributed by atoms with Crippen LogP contribution in [0.25, 0.3) is 6.08 Å². The molecule has 1 heterocycles. The number of ether oxygens (including phenoxy) is 2. The van der Waals surface area contributed by atoms with Crippen LogP contribution >= 0.6 is 35.6 Å². The summed E-state index contributed by atoms with van der Waals surface area (Å²) < 4.78 is 25.5. The van der Waals surface area contributed by atoms with Crippen LogP contribution in [-0.2, 0) is 11.4 Å². The summed E-state index contributed by atoms with van der Waals surface area (Å²) >= 11 is 12.7. The zero-order chi connectivity index (χ0) is 22.7. The molecular weight excluding hydrogens is 469 g/mol. The number of hydrogen-bond donors (Lipinski definition) is 0. The van der Waals surface area contributed by atoms with Crippen LogP contribution in [0.2, 0.25) is 5.02 Å². The molecule has 4 rings (SSSR count). The summed E-state index contributed by atoms with van der Waals surface area (Å²) in [5, 5.41) is 0.307. The summed E-state index contributed by atoms with van der Waals surface area (Å²) in [5.41, 5.74) is 1.64. The third-order valence-electron chi connectivity index (χ3n) is 4.72. The van der Waals surface area contributed by atoms with Crippen molar-refractivity contribution in [2.24, 2.45) is 0 Å². The maximum absolute atomic E-state index is 14.0. The van der Waals surface area contributed by atoms with E-state index in [0.717, 1.165) is 5.56 Å². The number of hydrogen-bond acceptors (Lipinski definition) is 5. The molecule has 1 saturated heterocycles. The van der Waals surface area contributed by atoms with Crippen molar-refractivity contribution in [3.63, 3.8) is 0 Å². The number of anilines is 1. The van der Waals surface area contributed by atoms with Gasteiger partial charge in [-0.1, -0.05) is 65.9 Å². The Hall–Kier alpha value is -2.87. The Labute approximate surface area is 199 Å². The van der Waals surface area contributed by atoms with Crippen LogP contribution < -0.4 is 14.4 Å². The highest BCUT2D eigenvalue weighted by Crippen LogP contribution is 2.39. The molecule has 0 saturated carbocycles. The molecule has 0 spiro atoms. The van der Waals surface area contributed by atoms with E-state index in [9.17, 15) is 9.18 Å². The molecule has 4 nitrogen and oxygen atoms in total. The minimum Gasteiger partial charge on any atom is -0.495 e. The number of amides is 1. The van der Waals surface area contributed by atoms with Crippen LogP contribution in [0.4, 0.5) is 10.1 Å². The van der Waals surface area contributed by atoms with E-state index in [4.69, 9.17) is 33.3 Å². The predicted octanol–water partition coefficient (Wildman–Crippen LogP) is 6.47. The van der Waals surface area contributed by atoms with Gasteiger partial charge >= 0.3 is 0 Å².